The number of rotatable bonds is 6. The zero-order valence-electron chi connectivity index (χ0n) is 9.90. The summed E-state index contributed by atoms with van der Waals surface area (Å²) >= 11 is 3.29. The van der Waals surface area contributed by atoms with Gasteiger partial charge in [-0.25, -0.2) is 0 Å². The monoisotopic (exact) mass is 299 g/mol. The van der Waals surface area contributed by atoms with Crippen molar-refractivity contribution >= 4 is 21.8 Å². The smallest absolute Gasteiger partial charge is 0.234 e. The maximum atomic E-state index is 11.7. The van der Waals surface area contributed by atoms with E-state index in [4.69, 9.17) is 0 Å². The number of benzene rings is 1. The maximum Gasteiger partial charge on any atom is 0.234 e. The van der Waals surface area contributed by atoms with Gasteiger partial charge < -0.3 is 10.4 Å². The first-order chi connectivity index (χ1) is 8.17. The summed E-state index contributed by atoms with van der Waals surface area (Å²) in [6.45, 7) is 1.88. The van der Waals surface area contributed by atoms with E-state index in [0.29, 0.717) is 6.42 Å². The van der Waals surface area contributed by atoms with Crippen LogP contribution in [0.15, 0.2) is 30.3 Å². The van der Waals surface area contributed by atoms with E-state index in [2.05, 4.69) is 21.2 Å². The fourth-order valence-electron chi connectivity index (χ4n) is 1.54. The SMILES string of the molecule is CCC(Br)C(=O)N[C@@H](CO)Cc1ccccc1. The van der Waals surface area contributed by atoms with Crippen molar-refractivity contribution in [3.05, 3.63) is 35.9 Å². The molecule has 0 bridgehead atoms. The van der Waals surface area contributed by atoms with Crippen LogP contribution in [-0.4, -0.2) is 28.5 Å². The molecule has 4 heteroatoms. The highest BCUT2D eigenvalue weighted by molar-refractivity contribution is 9.10. The number of alkyl halides is 1. The van der Waals surface area contributed by atoms with E-state index >= 15 is 0 Å². The van der Waals surface area contributed by atoms with Crippen molar-refractivity contribution in [3.8, 4) is 0 Å². The predicted octanol–water partition coefficient (Wildman–Crippen LogP) is 1.88. The predicted molar refractivity (Wildman–Crippen MR) is 72.2 cm³/mol. The van der Waals surface area contributed by atoms with Crippen molar-refractivity contribution in [2.24, 2.45) is 0 Å². The summed E-state index contributed by atoms with van der Waals surface area (Å²) < 4.78 is 0. The van der Waals surface area contributed by atoms with Gasteiger partial charge in [-0.05, 0) is 18.4 Å². The van der Waals surface area contributed by atoms with Crippen LogP contribution >= 0.6 is 15.9 Å². The molecule has 0 aliphatic heterocycles. The number of hydrogen-bond acceptors (Lipinski definition) is 2. The van der Waals surface area contributed by atoms with Crippen molar-refractivity contribution in [2.45, 2.75) is 30.6 Å². The fraction of sp³-hybridized carbons (Fsp3) is 0.462. The second-order valence-corrected chi connectivity index (χ2v) is 5.06. The first-order valence-corrected chi connectivity index (χ1v) is 6.68. The number of carbonyl (C=O) groups is 1. The Morgan fingerprint density at radius 1 is 1.41 bits per heavy atom. The van der Waals surface area contributed by atoms with E-state index in [-0.39, 0.29) is 23.4 Å². The summed E-state index contributed by atoms with van der Waals surface area (Å²) in [5.41, 5.74) is 1.11. The Morgan fingerprint density at radius 3 is 2.59 bits per heavy atom. The second-order valence-electron chi connectivity index (χ2n) is 3.95. The average molecular weight is 300 g/mol. The third-order valence-corrected chi connectivity index (χ3v) is 3.60. The molecule has 0 aromatic heterocycles. The van der Waals surface area contributed by atoms with Crippen molar-refractivity contribution in [1.82, 2.24) is 5.32 Å². The van der Waals surface area contributed by atoms with E-state index in [1.807, 2.05) is 37.3 Å². The standard InChI is InChI=1S/C13H18BrNO2/c1-2-12(14)13(17)15-11(9-16)8-10-6-4-3-5-7-10/h3-7,11-12,16H,2,8-9H2,1H3,(H,15,17)/t11-,12?/m1/s1. The second kappa shape index (κ2) is 7.45. The molecule has 0 aliphatic carbocycles. The first-order valence-electron chi connectivity index (χ1n) is 5.76. The molecule has 0 fully saturated rings. The fourth-order valence-corrected chi connectivity index (χ4v) is 1.67. The lowest BCUT2D eigenvalue weighted by Gasteiger charge is -2.18. The summed E-state index contributed by atoms with van der Waals surface area (Å²) in [4.78, 5) is 11.5. The van der Waals surface area contributed by atoms with E-state index in [1.54, 1.807) is 0 Å². The Balaban J connectivity index is 2.52. The molecule has 1 amide bonds. The van der Waals surface area contributed by atoms with Gasteiger partial charge in [0, 0.05) is 0 Å². The van der Waals surface area contributed by atoms with Crippen molar-refractivity contribution in [1.29, 1.82) is 0 Å². The van der Waals surface area contributed by atoms with E-state index in [0.717, 1.165) is 12.0 Å². The summed E-state index contributed by atoms with van der Waals surface area (Å²) in [7, 11) is 0. The quantitative estimate of drug-likeness (QED) is 0.788. The summed E-state index contributed by atoms with van der Waals surface area (Å²) in [6, 6.07) is 9.59. The normalized spacial score (nSPS) is 14.1. The van der Waals surface area contributed by atoms with Gasteiger partial charge in [-0.2, -0.15) is 0 Å². The number of hydrogen-bond donors (Lipinski definition) is 2. The van der Waals surface area contributed by atoms with Gasteiger partial charge in [0.05, 0.1) is 17.5 Å². The van der Waals surface area contributed by atoms with E-state index in [9.17, 15) is 9.90 Å². The van der Waals surface area contributed by atoms with Crippen molar-refractivity contribution in [3.63, 3.8) is 0 Å². The highest BCUT2D eigenvalue weighted by Gasteiger charge is 2.17. The Morgan fingerprint density at radius 2 is 2.06 bits per heavy atom. The van der Waals surface area contributed by atoms with Gasteiger partial charge in [0.15, 0.2) is 0 Å². The Bertz CT molecular complexity index is 343. The van der Waals surface area contributed by atoms with Crippen LogP contribution in [0.5, 0.6) is 0 Å². The number of halogens is 1. The van der Waals surface area contributed by atoms with Crippen molar-refractivity contribution in [2.75, 3.05) is 6.61 Å². The Kier molecular flexibility index (Phi) is 6.22. The molecule has 1 rings (SSSR count). The molecule has 1 aromatic rings. The molecule has 2 atom stereocenters. The largest absolute Gasteiger partial charge is 0.394 e. The average Bonchev–Trinajstić information content (AvgIpc) is 2.38. The van der Waals surface area contributed by atoms with Gasteiger partial charge >= 0.3 is 0 Å². The number of nitrogens with one attached hydrogen (secondary N) is 1. The zero-order valence-corrected chi connectivity index (χ0v) is 11.5. The van der Waals surface area contributed by atoms with Crippen LogP contribution in [0.2, 0.25) is 0 Å². The van der Waals surface area contributed by atoms with E-state index in [1.165, 1.54) is 0 Å². The molecule has 0 saturated carbocycles. The number of amides is 1. The zero-order chi connectivity index (χ0) is 12.7. The lowest BCUT2D eigenvalue weighted by molar-refractivity contribution is -0.121. The Hall–Kier alpha value is -0.870. The molecular weight excluding hydrogens is 282 g/mol. The number of aliphatic hydroxyl groups is 1. The van der Waals surface area contributed by atoms with Crippen molar-refractivity contribution < 1.29 is 9.90 Å². The molecule has 94 valence electrons. The van der Waals surface area contributed by atoms with Gasteiger partial charge in [-0.3, -0.25) is 4.79 Å². The molecule has 0 saturated heterocycles. The number of aliphatic hydroxyl groups excluding tert-OH is 1. The van der Waals surface area contributed by atoms with Gasteiger partial charge in [0.1, 0.15) is 0 Å². The van der Waals surface area contributed by atoms with Gasteiger partial charge in [0.25, 0.3) is 0 Å². The van der Waals surface area contributed by atoms with Crippen LogP contribution in [0.4, 0.5) is 0 Å². The van der Waals surface area contributed by atoms with Crippen LogP contribution in [0, 0.1) is 0 Å². The lowest BCUT2D eigenvalue weighted by Crippen LogP contribution is -2.42. The molecule has 17 heavy (non-hydrogen) atoms. The van der Waals surface area contributed by atoms with Crippen LogP contribution < -0.4 is 5.32 Å². The first kappa shape index (κ1) is 14.2. The minimum absolute atomic E-state index is 0.0515. The molecule has 1 aromatic carbocycles. The summed E-state index contributed by atoms with van der Waals surface area (Å²) in [5, 5.41) is 12.1. The van der Waals surface area contributed by atoms with Gasteiger partial charge in [-0.1, -0.05) is 53.2 Å². The molecule has 0 heterocycles. The van der Waals surface area contributed by atoms with Gasteiger partial charge in [-0.15, -0.1) is 0 Å². The summed E-state index contributed by atoms with van der Waals surface area (Å²) in [6.07, 6.45) is 1.38. The molecule has 0 radical (unpaired) electrons. The minimum atomic E-state index is -0.225. The van der Waals surface area contributed by atoms with Crippen LogP contribution in [-0.2, 0) is 11.2 Å². The molecule has 3 nitrogen and oxygen atoms in total. The third-order valence-electron chi connectivity index (χ3n) is 2.53. The molecule has 0 spiro atoms. The molecule has 1 unspecified atom stereocenters. The highest BCUT2D eigenvalue weighted by atomic mass is 79.9. The van der Waals surface area contributed by atoms with Gasteiger partial charge in [0.2, 0.25) is 5.91 Å². The highest BCUT2D eigenvalue weighted by Crippen LogP contribution is 2.07. The maximum absolute atomic E-state index is 11.7. The van der Waals surface area contributed by atoms with E-state index < -0.39 is 0 Å². The Labute approximate surface area is 110 Å². The topological polar surface area (TPSA) is 49.3 Å². The van der Waals surface area contributed by atoms with Crippen LogP contribution in [0.3, 0.4) is 0 Å². The summed E-state index contributed by atoms with van der Waals surface area (Å²) in [5.74, 6) is -0.0671. The molecular formula is C13H18BrNO2. The lowest BCUT2D eigenvalue weighted by atomic mass is 10.1. The third kappa shape index (κ3) is 4.88. The van der Waals surface area contributed by atoms with Crippen LogP contribution in [0.1, 0.15) is 18.9 Å². The minimum Gasteiger partial charge on any atom is -0.394 e. The molecule has 0 aliphatic rings. The number of carbonyl (C=O) groups excluding carboxylic acids is 1. The van der Waals surface area contributed by atoms with Crippen LogP contribution in [0.25, 0.3) is 0 Å². The molecule has 2 N–H and O–H groups in total.